The maximum absolute atomic E-state index is 9.03. The van der Waals surface area contributed by atoms with Crippen molar-refractivity contribution in [3.05, 3.63) is 18.1 Å². The normalized spacial score (nSPS) is 10.3. The second kappa shape index (κ2) is 6.85. The number of anilines is 1. The largest absolute Gasteiger partial charge is 0.354 e. The minimum absolute atomic E-state index is 0.417. The zero-order chi connectivity index (χ0) is 12.7. The summed E-state index contributed by atoms with van der Waals surface area (Å²) in [6.45, 7) is 8.27. The fraction of sp³-hybridized carbons (Fsp3) is 0.615. The molecule has 0 aliphatic heterocycles. The van der Waals surface area contributed by atoms with E-state index in [0.717, 1.165) is 25.9 Å². The van der Waals surface area contributed by atoms with Crippen LogP contribution in [0.15, 0.2) is 12.4 Å². The van der Waals surface area contributed by atoms with Gasteiger partial charge in [0.15, 0.2) is 11.5 Å². The van der Waals surface area contributed by atoms with Gasteiger partial charge in [0.25, 0.3) is 0 Å². The molecule has 0 aliphatic rings. The third-order valence-electron chi connectivity index (χ3n) is 3.10. The quantitative estimate of drug-likeness (QED) is 0.756. The van der Waals surface area contributed by atoms with E-state index in [4.69, 9.17) is 5.26 Å². The first kappa shape index (κ1) is 13.4. The summed E-state index contributed by atoms with van der Waals surface area (Å²) in [6, 6.07) is 2.10. The van der Waals surface area contributed by atoms with Gasteiger partial charge in [-0.25, -0.2) is 9.97 Å². The van der Waals surface area contributed by atoms with E-state index in [9.17, 15) is 0 Å². The molecular weight excluding hydrogens is 212 g/mol. The van der Waals surface area contributed by atoms with Crippen LogP contribution < -0.4 is 4.90 Å². The van der Waals surface area contributed by atoms with Crippen LogP contribution in [0, 0.1) is 17.2 Å². The molecule has 0 fully saturated rings. The van der Waals surface area contributed by atoms with Gasteiger partial charge in [-0.15, -0.1) is 0 Å². The molecular formula is C13H20N4. The SMILES string of the molecule is CCC(CC)CN(CC)c1nccnc1C#N. The average Bonchev–Trinajstić information content (AvgIpc) is 2.40. The Balaban J connectivity index is 2.90. The van der Waals surface area contributed by atoms with Gasteiger partial charge in [0.2, 0.25) is 0 Å². The fourth-order valence-electron chi connectivity index (χ4n) is 1.86. The summed E-state index contributed by atoms with van der Waals surface area (Å²) in [5, 5.41) is 9.03. The van der Waals surface area contributed by atoms with E-state index in [1.165, 1.54) is 0 Å². The van der Waals surface area contributed by atoms with E-state index in [1.54, 1.807) is 12.4 Å². The molecule has 0 spiro atoms. The molecule has 0 amide bonds. The first-order chi connectivity index (χ1) is 8.26. The molecule has 0 radical (unpaired) electrons. The van der Waals surface area contributed by atoms with Gasteiger partial charge >= 0.3 is 0 Å². The Hall–Kier alpha value is -1.63. The number of nitriles is 1. The van der Waals surface area contributed by atoms with Gasteiger partial charge in [0, 0.05) is 25.5 Å². The highest BCUT2D eigenvalue weighted by Gasteiger charge is 2.15. The topological polar surface area (TPSA) is 52.8 Å². The molecule has 92 valence electrons. The lowest BCUT2D eigenvalue weighted by Crippen LogP contribution is -2.30. The minimum atomic E-state index is 0.417. The highest BCUT2D eigenvalue weighted by Crippen LogP contribution is 2.18. The van der Waals surface area contributed by atoms with Crippen LogP contribution in [0.5, 0.6) is 0 Å². The summed E-state index contributed by atoms with van der Waals surface area (Å²) in [7, 11) is 0. The Morgan fingerprint density at radius 1 is 1.24 bits per heavy atom. The maximum atomic E-state index is 9.03. The van der Waals surface area contributed by atoms with Gasteiger partial charge in [0.05, 0.1) is 0 Å². The van der Waals surface area contributed by atoms with Crippen molar-refractivity contribution in [1.29, 1.82) is 5.26 Å². The van der Waals surface area contributed by atoms with Crippen LogP contribution >= 0.6 is 0 Å². The Morgan fingerprint density at radius 2 is 1.88 bits per heavy atom. The van der Waals surface area contributed by atoms with Crippen molar-refractivity contribution >= 4 is 5.82 Å². The van der Waals surface area contributed by atoms with Crippen LogP contribution in [-0.4, -0.2) is 23.1 Å². The van der Waals surface area contributed by atoms with E-state index >= 15 is 0 Å². The van der Waals surface area contributed by atoms with Gasteiger partial charge in [-0.2, -0.15) is 5.26 Å². The summed E-state index contributed by atoms with van der Waals surface area (Å²) >= 11 is 0. The summed E-state index contributed by atoms with van der Waals surface area (Å²) < 4.78 is 0. The fourth-order valence-corrected chi connectivity index (χ4v) is 1.86. The van der Waals surface area contributed by atoms with Crippen LogP contribution in [-0.2, 0) is 0 Å². The van der Waals surface area contributed by atoms with Gasteiger partial charge in [-0.1, -0.05) is 26.7 Å². The van der Waals surface area contributed by atoms with Crippen LogP contribution in [0.4, 0.5) is 5.82 Å². The molecule has 0 unspecified atom stereocenters. The molecule has 1 heterocycles. The Labute approximate surface area is 103 Å². The van der Waals surface area contributed by atoms with Gasteiger partial charge in [-0.3, -0.25) is 0 Å². The first-order valence-electron chi connectivity index (χ1n) is 6.22. The summed E-state index contributed by atoms with van der Waals surface area (Å²) in [5.74, 6) is 1.35. The summed E-state index contributed by atoms with van der Waals surface area (Å²) in [5.41, 5.74) is 0.417. The zero-order valence-corrected chi connectivity index (χ0v) is 10.8. The zero-order valence-electron chi connectivity index (χ0n) is 10.8. The molecule has 1 aromatic rings. The van der Waals surface area contributed by atoms with E-state index < -0.39 is 0 Å². The van der Waals surface area contributed by atoms with Crippen LogP contribution in [0.1, 0.15) is 39.3 Å². The molecule has 0 saturated heterocycles. The smallest absolute Gasteiger partial charge is 0.183 e. The van der Waals surface area contributed by atoms with Crippen molar-refractivity contribution in [2.45, 2.75) is 33.6 Å². The molecule has 0 aromatic carbocycles. The van der Waals surface area contributed by atoms with E-state index in [-0.39, 0.29) is 0 Å². The van der Waals surface area contributed by atoms with Gasteiger partial charge < -0.3 is 4.90 Å². The molecule has 17 heavy (non-hydrogen) atoms. The van der Waals surface area contributed by atoms with E-state index in [1.807, 2.05) is 0 Å². The lowest BCUT2D eigenvalue weighted by atomic mass is 10.0. The molecule has 4 nitrogen and oxygen atoms in total. The van der Waals surface area contributed by atoms with Crippen molar-refractivity contribution in [3.63, 3.8) is 0 Å². The molecule has 0 N–H and O–H groups in total. The van der Waals surface area contributed by atoms with E-state index in [2.05, 4.69) is 41.7 Å². The molecule has 4 heteroatoms. The standard InChI is InChI=1S/C13H20N4/c1-4-11(5-2)10-17(6-3)13-12(9-14)15-7-8-16-13/h7-8,11H,4-6,10H2,1-3H3. The third-order valence-corrected chi connectivity index (χ3v) is 3.10. The first-order valence-corrected chi connectivity index (χ1v) is 6.22. The number of nitrogens with zero attached hydrogens (tertiary/aromatic N) is 4. The van der Waals surface area contributed by atoms with Crippen LogP contribution in [0.2, 0.25) is 0 Å². The highest BCUT2D eigenvalue weighted by molar-refractivity contribution is 5.49. The summed E-state index contributed by atoms with van der Waals surface area (Å²) in [4.78, 5) is 10.5. The lowest BCUT2D eigenvalue weighted by Gasteiger charge is -2.26. The molecule has 0 aliphatic carbocycles. The van der Waals surface area contributed by atoms with Gasteiger partial charge in [-0.05, 0) is 12.8 Å². The third kappa shape index (κ3) is 3.42. The molecule has 0 saturated carbocycles. The predicted molar refractivity (Wildman–Crippen MR) is 68.7 cm³/mol. The molecule has 1 rings (SSSR count). The summed E-state index contributed by atoms with van der Waals surface area (Å²) in [6.07, 6.45) is 5.50. The highest BCUT2D eigenvalue weighted by atomic mass is 15.2. The Bertz CT molecular complexity index is 379. The van der Waals surface area contributed by atoms with Crippen LogP contribution in [0.25, 0.3) is 0 Å². The van der Waals surface area contributed by atoms with Crippen LogP contribution in [0.3, 0.4) is 0 Å². The maximum Gasteiger partial charge on any atom is 0.183 e. The second-order valence-electron chi connectivity index (χ2n) is 4.06. The molecule has 1 aromatic heterocycles. The number of aromatic nitrogens is 2. The van der Waals surface area contributed by atoms with Crippen molar-refractivity contribution in [3.8, 4) is 6.07 Å². The minimum Gasteiger partial charge on any atom is -0.354 e. The molecule has 0 atom stereocenters. The average molecular weight is 232 g/mol. The predicted octanol–water partition coefficient (Wildman–Crippen LogP) is 2.61. The monoisotopic (exact) mass is 232 g/mol. The molecule has 0 bridgehead atoms. The van der Waals surface area contributed by atoms with Crippen molar-refractivity contribution in [2.24, 2.45) is 5.92 Å². The number of rotatable bonds is 6. The van der Waals surface area contributed by atoms with E-state index in [0.29, 0.717) is 17.4 Å². The lowest BCUT2D eigenvalue weighted by molar-refractivity contribution is 0.484. The van der Waals surface area contributed by atoms with Crippen molar-refractivity contribution < 1.29 is 0 Å². The Morgan fingerprint density at radius 3 is 2.41 bits per heavy atom. The number of hydrogen-bond donors (Lipinski definition) is 0. The Kier molecular flexibility index (Phi) is 5.41. The second-order valence-corrected chi connectivity index (χ2v) is 4.06. The van der Waals surface area contributed by atoms with Crippen molar-refractivity contribution in [1.82, 2.24) is 9.97 Å². The number of hydrogen-bond acceptors (Lipinski definition) is 4. The van der Waals surface area contributed by atoms with Gasteiger partial charge in [0.1, 0.15) is 6.07 Å². The van der Waals surface area contributed by atoms with Crippen molar-refractivity contribution in [2.75, 3.05) is 18.0 Å².